The van der Waals surface area contributed by atoms with Gasteiger partial charge in [0.2, 0.25) is 11.4 Å². The van der Waals surface area contributed by atoms with Gasteiger partial charge < -0.3 is 0 Å². The van der Waals surface area contributed by atoms with Crippen LogP contribution >= 0.6 is 0 Å². The lowest BCUT2D eigenvalue weighted by molar-refractivity contribution is -2.00. The van der Waals surface area contributed by atoms with E-state index in [4.69, 9.17) is 18.6 Å². The predicted molar refractivity (Wildman–Crippen MR) is 158 cm³/mol. The largest absolute Gasteiger partial charge is 0.222 e. The number of halogens is 1. The number of aromatic nitrogens is 1. The quantitative estimate of drug-likeness (QED) is 0.270. The van der Waals surface area contributed by atoms with E-state index >= 15 is 0 Å². The highest BCUT2D eigenvalue weighted by Gasteiger charge is 2.29. The van der Waals surface area contributed by atoms with E-state index in [2.05, 4.69) is 142 Å². The van der Waals surface area contributed by atoms with Crippen LogP contribution in [0.1, 0.15) is 51.7 Å². The molecule has 42 heavy (non-hydrogen) atoms. The smallest absolute Gasteiger partial charge is 0.213 e. The molecule has 2 aromatic carbocycles. The van der Waals surface area contributed by atoms with Crippen LogP contribution in [0, 0.1) is 17.2 Å². The predicted octanol–water partition coefficient (Wildman–Crippen LogP) is 4.73. The Labute approximate surface area is 251 Å². The van der Waals surface area contributed by atoms with Gasteiger partial charge in [0.1, 0.15) is 6.54 Å². The van der Waals surface area contributed by atoms with Gasteiger partial charge in [0.25, 0.3) is 0 Å². The zero-order chi connectivity index (χ0) is 30.5. The van der Waals surface area contributed by atoms with Crippen molar-refractivity contribution >= 4 is 0 Å². The Bertz CT molecular complexity index is 1520. The number of nitrogens with zero attached hydrogens (tertiary/aromatic N) is 1. The van der Waals surface area contributed by atoms with Crippen LogP contribution in [0.15, 0.2) is 103 Å². The molecule has 1 heterocycles. The number of pyridine rings is 1. The van der Waals surface area contributed by atoms with Crippen molar-refractivity contribution in [2.24, 2.45) is 0 Å². The van der Waals surface area contributed by atoms with Gasteiger partial charge in [-0.3, -0.25) is 0 Å². The van der Waals surface area contributed by atoms with Crippen molar-refractivity contribution in [3.05, 3.63) is 114 Å². The van der Waals surface area contributed by atoms with Gasteiger partial charge in [-0.2, -0.15) is 4.57 Å². The summed E-state index contributed by atoms with van der Waals surface area (Å²) in [5, 5.41) is 0. The van der Waals surface area contributed by atoms with Crippen LogP contribution in [0.2, 0.25) is 0 Å². The zero-order valence-corrected chi connectivity index (χ0v) is 25.7. The van der Waals surface area contributed by atoms with Gasteiger partial charge in [-0.05, 0) is 70.5 Å². The molecule has 0 aliphatic heterocycles. The Morgan fingerprint density at radius 2 is 1.14 bits per heavy atom. The molecule has 0 N–H and O–H groups in total. The third-order valence-electron chi connectivity index (χ3n) is 7.33. The maximum Gasteiger partial charge on any atom is 0.213 e. The van der Waals surface area contributed by atoms with Crippen LogP contribution in [0.25, 0.3) is 44.8 Å². The van der Waals surface area contributed by atoms with Gasteiger partial charge >= 0.3 is 0 Å². The molecule has 5 rings (SSSR count). The summed E-state index contributed by atoms with van der Waals surface area (Å²) in [6, 6.07) is 38.1. The second-order valence-electron chi connectivity index (χ2n) is 11.6. The topological polar surface area (TPSA) is 96.1 Å². The highest BCUT2D eigenvalue weighted by molar-refractivity contribution is 5.92. The molecular formula is C36H38ClNO4. The Morgan fingerprint density at radius 1 is 0.643 bits per heavy atom. The molecule has 5 nitrogen and oxygen atoms in total. The number of rotatable bonds is 6. The number of fused-ring (bicyclic) bond motifs is 1. The standard InChI is InChI=1S/C36H38N.ClHO4/c1-6-7-22-37-33(27-14-10-8-11-15-27)24-30(25-34(37)28-16-12-9-13-17-28)35-31-21-19-26(2)18-20-29(31)23-32(35)36(3,4)5;2-1(3,4)5/h8-21,23-25H,6-7,22H2,1-5H3;(H,2,3,4,5)/q+1;/p-1. The van der Waals surface area contributed by atoms with Crippen LogP contribution in [-0.2, 0) is 12.0 Å². The van der Waals surface area contributed by atoms with E-state index in [0.717, 1.165) is 19.4 Å². The molecular weight excluding hydrogens is 546 g/mol. The lowest BCUT2D eigenvalue weighted by Crippen LogP contribution is -2.68. The van der Waals surface area contributed by atoms with Crippen LogP contribution in [0.5, 0.6) is 0 Å². The minimum atomic E-state index is -4.94. The second-order valence-corrected chi connectivity index (χ2v) is 12.3. The van der Waals surface area contributed by atoms with Gasteiger partial charge in [-0.25, -0.2) is 18.6 Å². The third kappa shape index (κ3) is 7.82. The van der Waals surface area contributed by atoms with E-state index in [1.807, 2.05) is 0 Å². The summed E-state index contributed by atoms with van der Waals surface area (Å²) < 4.78 is 36.5. The first-order chi connectivity index (χ1) is 19.9. The molecule has 0 unspecified atom stereocenters. The van der Waals surface area contributed by atoms with Gasteiger partial charge in [-0.1, -0.05) is 100 Å². The van der Waals surface area contributed by atoms with Gasteiger partial charge in [-0.15, -0.1) is 10.2 Å². The number of hydrogen-bond donors (Lipinski definition) is 0. The molecule has 0 bridgehead atoms. The highest BCUT2D eigenvalue weighted by Crippen LogP contribution is 2.45. The Morgan fingerprint density at radius 3 is 1.62 bits per heavy atom. The minimum absolute atomic E-state index is 0.0236. The molecule has 2 aliphatic carbocycles. The Hall–Kier alpha value is -3.58. The first-order valence-electron chi connectivity index (χ1n) is 14.2. The van der Waals surface area contributed by atoms with E-state index in [-0.39, 0.29) is 5.41 Å². The Kier molecular flexibility index (Phi) is 9.82. The fourth-order valence-electron chi connectivity index (χ4n) is 5.33. The lowest BCUT2D eigenvalue weighted by atomic mass is 9.83. The van der Waals surface area contributed by atoms with E-state index in [0.29, 0.717) is 0 Å². The zero-order valence-electron chi connectivity index (χ0n) is 24.9. The molecule has 0 spiro atoms. The van der Waals surface area contributed by atoms with Crippen molar-refractivity contribution in [1.29, 1.82) is 0 Å². The second kappa shape index (κ2) is 13.2. The maximum atomic E-state index is 8.49. The summed E-state index contributed by atoms with van der Waals surface area (Å²) in [5.41, 5.74) is 13.0. The highest BCUT2D eigenvalue weighted by atomic mass is 35.7. The molecule has 0 saturated carbocycles. The summed E-state index contributed by atoms with van der Waals surface area (Å²) in [7, 11) is -4.94. The van der Waals surface area contributed by atoms with Crippen LogP contribution in [0.3, 0.4) is 0 Å². The Balaban J connectivity index is 0.000000748. The third-order valence-corrected chi connectivity index (χ3v) is 7.33. The van der Waals surface area contributed by atoms with E-state index in [9.17, 15) is 0 Å². The van der Waals surface area contributed by atoms with Crippen LogP contribution in [0.4, 0.5) is 0 Å². The molecule has 3 aromatic rings. The molecule has 218 valence electrons. The fraction of sp³-hybridized carbons (Fsp3) is 0.250. The van der Waals surface area contributed by atoms with Crippen molar-refractivity contribution in [3.63, 3.8) is 0 Å². The van der Waals surface area contributed by atoms with E-state index in [1.54, 1.807) is 0 Å². The summed E-state index contributed by atoms with van der Waals surface area (Å²) in [6.07, 6.45) is 2.31. The van der Waals surface area contributed by atoms with E-state index < -0.39 is 10.2 Å². The summed E-state index contributed by atoms with van der Waals surface area (Å²) >= 11 is 0. The number of benzene rings is 2. The van der Waals surface area contributed by atoms with Gasteiger partial charge in [0, 0.05) is 29.7 Å². The van der Waals surface area contributed by atoms with Crippen molar-refractivity contribution in [3.8, 4) is 44.8 Å². The monoisotopic (exact) mass is 583 g/mol. The van der Waals surface area contributed by atoms with Gasteiger partial charge in [0.05, 0.1) is 0 Å². The summed E-state index contributed by atoms with van der Waals surface area (Å²) in [4.78, 5) is 0. The summed E-state index contributed by atoms with van der Waals surface area (Å²) in [6.45, 7) is 12.4. The molecule has 0 amide bonds. The fourth-order valence-corrected chi connectivity index (χ4v) is 5.33. The molecule has 6 heteroatoms. The number of unbranched alkanes of at least 4 members (excludes halogenated alkanes) is 1. The number of aryl methyl sites for hydroxylation is 1. The first-order valence-corrected chi connectivity index (χ1v) is 15.4. The SMILES string of the molecule is CCCC[n+]1c(-c2ccccc2)cc(-c2c3ccc(C)ccc-3cc2C(C)(C)C)cc1-c1ccccc1.[O-][Cl+3]([O-])([O-])[O-]. The summed E-state index contributed by atoms with van der Waals surface area (Å²) in [5.74, 6) is 0. The molecule has 1 aromatic heterocycles. The number of hydrogen-bond acceptors (Lipinski definition) is 4. The van der Waals surface area contributed by atoms with Crippen molar-refractivity contribution in [2.75, 3.05) is 0 Å². The van der Waals surface area contributed by atoms with E-state index in [1.165, 1.54) is 55.9 Å². The minimum Gasteiger partial charge on any atom is -0.222 e. The molecule has 0 radical (unpaired) electrons. The average molecular weight is 584 g/mol. The molecule has 0 saturated heterocycles. The van der Waals surface area contributed by atoms with Crippen molar-refractivity contribution < 1.29 is 33.4 Å². The normalized spacial score (nSPS) is 11.7. The maximum absolute atomic E-state index is 8.49. The van der Waals surface area contributed by atoms with Gasteiger partial charge in [0.15, 0.2) is 0 Å². The average Bonchev–Trinajstić information content (AvgIpc) is 3.23. The van der Waals surface area contributed by atoms with Crippen molar-refractivity contribution in [2.45, 2.75) is 59.4 Å². The molecule has 0 atom stereocenters. The first kappa shape index (κ1) is 31.4. The van der Waals surface area contributed by atoms with Crippen LogP contribution in [-0.4, -0.2) is 0 Å². The van der Waals surface area contributed by atoms with Crippen molar-refractivity contribution in [1.82, 2.24) is 0 Å². The molecule has 2 aliphatic rings. The van der Waals surface area contributed by atoms with Crippen LogP contribution < -0.4 is 23.2 Å². The lowest BCUT2D eigenvalue weighted by Gasteiger charge is -2.21. The molecule has 0 fully saturated rings.